The van der Waals surface area contributed by atoms with Crippen LogP contribution in [0.5, 0.6) is 0 Å². The predicted octanol–water partition coefficient (Wildman–Crippen LogP) is 1.87. The van der Waals surface area contributed by atoms with Gasteiger partial charge in [-0.3, -0.25) is 4.68 Å². The van der Waals surface area contributed by atoms with Gasteiger partial charge in [0.05, 0.1) is 11.4 Å². The average Bonchev–Trinajstić information content (AvgIpc) is 2.54. The molecule has 0 aliphatic carbocycles. The van der Waals surface area contributed by atoms with Crippen LogP contribution in [0.2, 0.25) is 5.02 Å². The van der Waals surface area contributed by atoms with Crippen molar-refractivity contribution >= 4 is 27.3 Å². The fourth-order valence-electron chi connectivity index (χ4n) is 1.88. The molecule has 19 heavy (non-hydrogen) atoms. The minimum absolute atomic E-state index is 0.143. The normalized spacial score (nSPS) is 11.7. The van der Waals surface area contributed by atoms with Gasteiger partial charge in [0.15, 0.2) is 9.84 Å². The van der Waals surface area contributed by atoms with Crippen LogP contribution in [0.25, 0.3) is 11.1 Å². The van der Waals surface area contributed by atoms with Crippen molar-refractivity contribution in [2.75, 3.05) is 12.0 Å². The van der Waals surface area contributed by atoms with Crippen LogP contribution in [0.3, 0.4) is 0 Å². The Hall–Kier alpha value is -1.53. The molecule has 0 aliphatic rings. The Morgan fingerprint density at radius 2 is 1.89 bits per heavy atom. The topological polar surface area (TPSA) is 78.0 Å². The number of hydrogen-bond acceptors (Lipinski definition) is 4. The van der Waals surface area contributed by atoms with E-state index in [1.807, 2.05) is 0 Å². The second-order valence-corrected chi connectivity index (χ2v) is 6.98. The van der Waals surface area contributed by atoms with Crippen LogP contribution >= 0.6 is 11.6 Å². The molecular formula is C12H14ClN3O2S. The van der Waals surface area contributed by atoms with E-state index in [9.17, 15) is 8.42 Å². The summed E-state index contributed by atoms with van der Waals surface area (Å²) in [6.45, 7) is 0. The van der Waals surface area contributed by atoms with E-state index in [2.05, 4.69) is 5.10 Å². The summed E-state index contributed by atoms with van der Waals surface area (Å²) in [4.78, 5) is 0. The standard InChI is InChI=1S/C12H14ClN3O2S/c1-16-12(14)11(8-3-5-9(13)6-4-8)10(15-16)7-19(2,17)18/h3-6H,7,14H2,1-2H3. The van der Waals surface area contributed by atoms with Gasteiger partial charge >= 0.3 is 0 Å². The Kier molecular flexibility index (Phi) is 3.56. The maximum Gasteiger partial charge on any atom is 0.153 e. The number of benzene rings is 1. The van der Waals surface area contributed by atoms with Crippen molar-refractivity contribution in [3.8, 4) is 11.1 Å². The molecule has 0 bridgehead atoms. The summed E-state index contributed by atoms with van der Waals surface area (Å²) in [5.74, 6) is 0.289. The summed E-state index contributed by atoms with van der Waals surface area (Å²) in [6.07, 6.45) is 1.17. The largest absolute Gasteiger partial charge is 0.383 e. The first-order chi connectivity index (χ1) is 8.78. The van der Waals surface area contributed by atoms with Gasteiger partial charge < -0.3 is 5.73 Å². The van der Waals surface area contributed by atoms with Gasteiger partial charge in [0.25, 0.3) is 0 Å². The molecule has 102 valence electrons. The van der Waals surface area contributed by atoms with Crippen LogP contribution in [0, 0.1) is 0 Å². The third-order valence-corrected chi connectivity index (χ3v) is 3.75. The van der Waals surface area contributed by atoms with E-state index < -0.39 is 9.84 Å². The zero-order valence-corrected chi connectivity index (χ0v) is 12.2. The van der Waals surface area contributed by atoms with Crippen LogP contribution in [0.1, 0.15) is 5.69 Å². The number of nitrogen functional groups attached to an aromatic ring is 1. The van der Waals surface area contributed by atoms with Crippen molar-refractivity contribution in [2.45, 2.75) is 5.75 Å². The Bertz CT molecular complexity index is 705. The highest BCUT2D eigenvalue weighted by Crippen LogP contribution is 2.31. The number of anilines is 1. The zero-order valence-electron chi connectivity index (χ0n) is 10.6. The lowest BCUT2D eigenvalue weighted by Crippen LogP contribution is -2.03. The van der Waals surface area contributed by atoms with Crippen LogP contribution in [-0.2, 0) is 22.6 Å². The number of aromatic nitrogens is 2. The van der Waals surface area contributed by atoms with Crippen LogP contribution in [0.4, 0.5) is 5.82 Å². The lowest BCUT2D eigenvalue weighted by molar-refractivity contribution is 0.600. The molecule has 0 unspecified atom stereocenters. The fourth-order valence-corrected chi connectivity index (χ4v) is 2.70. The number of aryl methyl sites for hydroxylation is 1. The molecule has 0 saturated carbocycles. The maximum atomic E-state index is 11.4. The van der Waals surface area contributed by atoms with Crippen LogP contribution in [-0.4, -0.2) is 24.5 Å². The summed E-state index contributed by atoms with van der Waals surface area (Å²) in [6, 6.07) is 7.05. The lowest BCUT2D eigenvalue weighted by Gasteiger charge is -2.04. The van der Waals surface area contributed by atoms with Gasteiger partial charge in [-0.05, 0) is 17.7 Å². The first-order valence-corrected chi connectivity index (χ1v) is 7.97. The van der Waals surface area contributed by atoms with Gasteiger partial charge in [0, 0.05) is 23.9 Å². The van der Waals surface area contributed by atoms with E-state index in [1.54, 1.807) is 31.3 Å². The number of sulfone groups is 1. The molecular weight excluding hydrogens is 286 g/mol. The molecule has 2 N–H and O–H groups in total. The zero-order chi connectivity index (χ0) is 14.2. The predicted molar refractivity (Wildman–Crippen MR) is 76.6 cm³/mol. The molecule has 2 rings (SSSR count). The van der Waals surface area contributed by atoms with E-state index in [1.165, 1.54) is 10.9 Å². The van der Waals surface area contributed by atoms with Crippen molar-refractivity contribution in [3.63, 3.8) is 0 Å². The van der Waals surface area contributed by atoms with Gasteiger partial charge in [-0.1, -0.05) is 23.7 Å². The maximum absolute atomic E-state index is 11.4. The summed E-state index contributed by atoms with van der Waals surface area (Å²) in [5, 5.41) is 4.78. The molecule has 0 atom stereocenters. The van der Waals surface area contributed by atoms with Crippen molar-refractivity contribution < 1.29 is 8.42 Å². The summed E-state index contributed by atoms with van der Waals surface area (Å²) >= 11 is 5.84. The van der Waals surface area contributed by atoms with Gasteiger partial charge in [0.1, 0.15) is 5.82 Å². The molecule has 0 saturated heterocycles. The highest BCUT2D eigenvalue weighted by Gasteiger charge is 2.19. The van der Waals surface area contributed by atoms with Gasteiger partial charge in [0.2, 0.25) is 0 Å². The number of halogens is 1. The van der Waals surface area contributed by atoms with Crippen molar-refractivity contribution in [1.29, 1.82) is 0 Å². The molecule has 0 aliphatic heterocycles. The Labute approximate surface area is 116 Å². The van der Waals surface area contributed by atoms with E-state index in [-0.39, 0.29) is 5.75 Å². The Morgan fingerprint density at radius 1 is 1.32 bits per heavy atom. The molecule has 0 fully saturated rings. The van der Waals surface area contributed by atoms with Crippen molar-refractivity contribution in [1.82, 2.24) is 9.78 Å². The first kappa shape index (κ1) is 13.9. The van der Waals surface area contributed by atoms with E-state index >= 15 is 0 Å². The minimum atomic E-state index is -3.18. The molecule has 0 spiro atoms. The summed E-state index contributed by atoms with van der Waals surface area (Å²) in [5.41, 5.74) is 7.86. The van der Waals surface area contributed by atoms with Gasteiger partial charge in [-0.25, -0.2) is 8.42 Å². The number of nitrogens with zero attached hydrogens (tertiary/aromatic N) is 2. The monoisotopic (exact) mass is 299 g/mol. The Balaban J connectivity index is 2.58. The van der Waals surface area contributed by atoms with E-state index in [0.29, 0.717) is 22.1 Å². The quantitative estimate of drug-likeness (QED) is 0.938. The highest BCUT2D eigenvalue weighted by molar-refractivity contribution is 7.89. The minimum Gasteiger partial charge on any atom is -0.383 e. The molecule has 0 amide bonds. The third-order valence-electron chi connectivity index (χ3n) is 2.70. The number of rotatable bonds is 3. The SMILES string of the molecule is Cn1nc(CS(C)(=O)=O)c(-c2ccc(Cl)cc2)c1N. The smallest absolute Gasteiger partial charge is 0.153 e. The summed E-state index contributed by atoms with van der Waals surface area (Å²) in [7, 11) is -1.50. The summed E-state index contributed by atoms with van der Waals surface area (Å²) < 4.78 is 24.4. The van der Waals surface area contributed by atoms with Gasteiger partial charge in [-0.15, -0.1) is 0 Å². The van der Waals surface area contributed by atoms with Crippen molar-refractivity contribution in [2.24, 2.45) is 7.05 Å². The van der Waals surface area contributed by atoms with E-state index in [0.717, 1.165) is 5.56 Å². The molecule has 1 aromatic heterocycles. The molecule has 2 aromatic rings. The number of hydrogen-bond donors (Lipinski definition) is 1. The van der Waals surface area contributed by atoms with Crippen LogP contribution < -0.4 is 5.73 Å². The lowest BCUT2D eigenvalue weighted by atomic mass is 10.1. The van der Waals surface area contributed by atoms with Gasteiger partial charge in [-0.2, -0.15) is 5.10 Å². The van der Waals surface area contributed by atoms with Crippen LogP contribution in [0.15, 0.2) is 24.3 Å². The molecule has 5 nitrogen and oxygen atoms in total. The van der Waals surface area contributed by atoms with E-state index in [4.69, 9.17) is 17.3 Å². The molecule has 0 radical (unpaired) electrons. The first-order valence-electron chi connectivity index (χ1n) is 5.53. The fraction of sp³-hybridized carbons (Fsp3) is 0.250. The second-order valence-electron chi connectivity index (χ2n) is 4.41. The third kappa shape index (κ3) is 3.08. The second kappa shape index (κ2) is 4.86. The highest BCUT2D eigenvalue weighted by atomic mass is 35.5. The van der Waals surface area contributed by atoms with Crippen molar-refractivity contribution in [3.05, 3.63) is 35.0 Å². The molecule has 7 heteroatoms. The molecule has 1 aromatic carbocycles. The molecule has 1 heterocycles. The average molecular weight is 300 g/mol. The number of nitrogens with two attached hydrogens (primary N) is 1. The Morgan fingerprint density at radius 3 is 2.42 bits per heavy atom.